The van der Waals surface area contributed by atoms with Gasteiger partial charge in [0.15, 0.2) is 4.93 Å². The van der Waals surface area contributed by atoms with Crippen LogP contribution in [0.1, 0.15) is 88.8 Å². The van der Waals surface area contributed by atoms with Crippen LogP contribution in [0.4, 0.5) is 5.69 Å². The van der Waals surface area contributed by atoms with Gasteiger partial charge in [0.2, 0.25) is 11.8 Å². The molecule has 4 heterocycles. The Morgan fingerprint density at radius 2 is 1.82 bits per heavy atom. The van der Waals surface area contributed by atoms with Crippen LogP contribution in [-0.4, -0.2) is 90.4 Å². The number of allylic oxidation sites excluding steroid dienone is 1. The molecule has 0 bridgehead atoms. The fourth-order valence-electron chi connectivity index (χ4n) is 8.55. The zero-order valence-corrected chi connectivity index (χ0v) is 36.9. The second-order valence-corrected chi connectivity index (χ2v) is 19.8. The minimum atomic E-state index is -4.21. The second-order valence-electron chi connectivity index (χ2n) is 17.0. The number of amides is 3. The number of thiazole rings is 1. The molecule has 4 aliphatic rings. The summed E-state index contributed by atoms with van der Waals surface area (Å²) in [6.45, 7) is 6.20. The third-order valence-electron chi connectivity index (χ3n) is 12.5. The molecular formula is C45H54N6O8S2. The van der Waals surface area contributed by atoms with Crippen LogP contribution >= 0.6 is 11.3 Å². The summed E-state index contributed by atoms with van der Waals surface area (Å²) >= 11 is 1.50. The average molecular weight is 871 g/mol. The zero-order valence-electron chi connectivity index (χ0n) is 35.2. The van der Waals surface area contributed by atoms with E-state index in [0.717, 1.165) is 53.0 Å². The normalized spacial score (nSPS) is 25.7. The lowest BCUT2D eigenvalue weighted by Gasteiger charge is -2.30. The summed E-state index contributed by atoms with van der Waals surface area (Å²) in [7, 11) is -1.29. The lowest BCUT2D eigenvalue weighted by molar-refractivity contribution is -0.140. The van der Waals surface area contributed by atoms with Crippen LogP contribution in [0.3, 0.4) is 0 Å². The van der Waals surface area contributed by atoms with E-state index in [4.69, 9.17) is 24.2 Å². The number of anilines is 1. The number of ether oxygens (including phenoxy) is 3. The van der Waals surface area contributed by atoms with Gasteiger partial charge in [-0.25, -0.2) is 23.1 Å². The Hall–Kier alpha value is -5.06. The van der Waals surface area contributed by atoms with E-state index in [2.05, 4.69) is 29.2 Å². The van der Waals surface area contributed by atoms with Gasteiger partial charge in [-0.05, 0) is 75.6 Å². The van der Waals surface area contributed by atoms with Crippen molar-refractivity contribution in [2.24, 2.45) is 5.92 Å². The molecule has 14 nitrogen and oxygen atoms in total. The van der Waals surface area contributed by atoms with E-state index in [1.807, 2.05) is 73.0 Å². The van der Waals surface area contributed by atoms with E-state index in [1.54, 1.807) is 12.0 Å². The number of methoxy groups -OCH3 is 2. The van der Waals surface area contributed by atoms with Gasteiger partial charge >= 0.3 is 0 Å². The number of hydrogen-bond donors (Lipinski definition) is 3. The summed E-state index contributed by atoms with van der Waals surface area (Å²) in [6, 6.07) is 13.5. The summed E-state index contributed by atoms with van der Waals surface area (Å²) in [5.74, 6) is -0.667. The third-order valence-corrected chi connectivity index (χ3v) is 15.4. The highest BCUT2D eigenvalue weighted by molar-refractivity contribution is 7.91. The minimum Gasteiger partial charge on any atom is -0.496 e. The lowest BCUT2D eigenvalue weighted by Crippen LogP contribution is -2.58. The summed E-state index contributed by atoms with van der Waals surface area (Å²) in [6.07, 6.45) is 7.87. The van der Waals surface area contributed by atoms with E-state index in [9.17, 15) is 22.8 Å². The second kappa shape index (κ2) is 17.0. The molecular weight excluding hydrogens is 817 g/mol. The van der Waals surface area contributed by atoms with Crippen molar-refractivity contribution in [3.63, 3.8) is 0 Å². The lowest BCUT2D eigenvalue weighted by atomic mass is 10.0. The number of aromatic nitrogens is 2. The van der Waals surface area contributed by atoms with E-state index in [1.165, 1.54) is 18.4 Å². The number of carbonyl (C=O) groups excluding carboxylic acids is 3. The molecule has 0 unspecified atom stereocenters. The number of benzene rings is 2. The first-order valence-corrected chi connectivity index (χ1v) is 23.5. The molecule has 0 radical (unpaired) electrons. The number of sulfonamides is 1. The molecule has 2 aliphatic heterocycles. The molecule has 2 saturated carbocycles. The number of fused-ring (bicyclic) bond motifs is 3. The number of nitrogens with one attached hydrogen (secondary N) is 3. The molecule has 3 amide bonds. The van der Waals surface area contributed by atoms with Crippen LogP contribution in [0, 0.1) is 12.8 Å². The van der Waals surface area contributed by atoms with Crippen LogP contribution in [0.2, 0.25) is 0 Å². The highest BCUT2D eigenvalue weighted by Crippen LogP contribution is 2.48. The number of hydrogen-bond acceptors (Lipinski definition) is 12. The smallest absolute Gasteiger partial charge is 0.265 e. The highest BCUT2D eigenvalue weighted by Gasteiger charge is 2.64. The zero-order chi connectivity index (χ0) is 43.1. The fourth-order valence-corrected chi connectivity index (χ4v) is 11.0. The Morgan fingerprint density at radius 1 is 1.03 bits per heavy atom. The number of para-hydroxylation sites is 1. The standard InChI is InChI=1S/C45H54N6O8S2/c1-27(2)35-26-60-41(48-35)34-23-38(32-18-19-37(57-4)28(3)39(32)47-34)59-31-22-36-40(52)49-45(43(54)50-61(55,56)44(58-5)20-21-44)24-29(45)14-10-7-6-8-13-17-33(42(53)51(36)25-31)46-30-15-11-9-12-16-30/h9-12,14-16,18-19,23,26-27,29,31,33,36,46H,6-8,13,17,20-22,24-25H2,1-5H3,(H,49,52)(H,50,54)/b14-10-/t29-,31-,33+,36+,45-/m1/s1. The van der Waals surface area contributed by atoms with Gasteiger partial charge < -0.3 is 29.7 Å². The fraction of sp³-hybridized carbons (Fsp3) is 0.489. The Kier molecular flexibility index (Phi) is 11.9. The molecule has 4 aromatic rings. The molecule has 2 aliphatic carbocycles. The number of aryl methyl sites for hydroxylation is 1. The van der Waals surface area contributed by atoms with Crippen LogP contribution < -0.4 is 24.8 Å². The van der Waals surface area contributed by atoms with Crippen molar-refractivity contribution >= 4 is 55.7 Å². The third kappa shape index (κ3) is 8.46. The summed E-state index contributed by atoms with van der Waals surface area (Å²) in [5, 5.41) is 9.91. The quantitative estimate of drug-likeness (QED) is 0.138. The van der Waals surface area contributed by atoms with Crippen LogP contribution in [0.15, 0.2) is 66.1 Å². The van der Waals surface area contributed by atoms with Gasteiger partial charge in [-0.2, -0.15) is 0 Å². The first kappa shape index (κ1) is 42.6. The predicted molar refractivity (Wildman–Crippen MR) is 234 cm³/mol. The molecule has 3 fully saturated rings. The number of pyridine rings is 1. The van der Waals surface area contributed by atoms with Gasteiger partial charge in [0.25, 0.3) is 15.9 Å². The number of nitrogens with zero attached hydrogens (tertiary/aromatic N) is 3. The molecule has 61 heavy (non-hydrogen) atoms. The van der Waals surface area contributed by atoms with Crippen LogP contribution in [0.5, 0.6) is 11.5 Å². The van der Waals surface area contributed by atoms with Gasteiger partial charge in [-0.3, -0.25) is 14.4 Å². The van der Waals surface area contributed by atoms with Crippen molar-refractivity contribution in [2.75, 3.05) is 26.1 Å². The molecule has 2 aromatic carbocycles. The van der Waals surface area contributed by atoms with Crippen molar-refractivity contribution in [1.29, 1.82) is 0 Å². The molecule has 8 rings (SSSR count). The van der Waals surface area contributed by atoms with Gasteiger partial charge in [-0.1, -0.05) is 57.0 Å². The number of rotatable bonds is 11. The molecule has 324 valence electrons. The molecule has 2 aromatic heterocycles. The summed E-state index contributed by atoms with van der Waals surface area (Å²) in [4.78, 5) is 53.7. The van der Waals surface area contributed by atoms with Crippen LogP contribution in [-0.2, 0) is 29.1 Å². The van der Waals surface area contributed by atoms with Gasteiger partial charge in [0.05, 0.1) is 24.9 Å². The first-order chi connectivity index (χ1) is 29.3. The molecule has 3 N–H and O–H groups in total. The molecule has 5 atom stereocenters. The van der Waals surface area contributed by atoms with E-state index >= 15 is 0 Å². The van der Waals surface area contributed by atoms with Crippen molar-refractivity contribution in [2.45, 2.75) is 113 Å². The maximum absolute atomic E-state index is 14.9. The summed E-state index contributed by atoms with van der Waals surface area (Å²) in [5.41, 5.74) is 2.34. The van der Waals surface area contributed by atoms with Crippen molar-refractivity contribution in [3.8, 4) is 22.2 Å². The molecule has 0 spiro atoms. The summed E-state index contributed by atoms with van der Waals surface area (Å²) < 4.78 is 46.9. The van der Waals surface area contributed by atoms with Crippen molar-refractivity contribution in [3.05, 3.63) is 77.3 Å². The Bertz CT molecular complexity index is 2450. The Labute approximate surface area is 360 Å². The maximum atomic E-state index is 14.9. The number of carbonyl (C=O) groups is 3. The van der Waals surface area contributed by atoms with E-state index in [0.29, 0.717) is 29.1 Å². The topological polar surface area (TPSA) is 178 Å². The van der Waals surface area contributed by atoms with Gasteiger partial charge in [-0.15, -0.1) is 11.3 Å². The monoisotopic (exact) mass is 870 g/mol. The highest BCUT2D eigenvalue weighted by atomic mass is 32.2. The van der Waals surface area contributed by atoms with Crippen molar-refractivity contribution in [1.82, 2.24) is 24.9 Å². The maximum Gasteiger partial charge on any atom is 0.265 e. The van der Waals surface area contributed by atoms with Crippen LogP contribution in [0.25, 0.3) is 21.6 Å². The average Bonchev–Trinajstić information content (AvgIpc) is 4.07. The predicted octanol–water partition coefficient (Wildman–Crippen LogP) is 6.61. The van der Waals surface area contributed by atoms with Crippen molar-refractivity contribution < 1.29 is 37.0 Å². The Balaban J connectivity index is 1.15. The molecule has 16 heteroatoms. The van der Waals surface area contributed by atoms with Gasteiger partial charge in [0, 0.05) is 47.5 Å². The minimum absolute atomic E-state index is 0.0835. The molecule has 1 saturated heterocycles. The first-order valence-electron chi connectivity index (χ1n) is 21.1. The SMILES string of the molecule is COc1ccc2c(O[C@@H]3C[C@H]4C(=O)N[C@]5(C(=O)NS(=O)(=O)C6(OC)CC6)C[C@H]5/C=C\CCCCC[C@H](Nc5ccccc5)C(=O)N4C3)cc(-c3nc(C(C)C)cs3)nc2c1C. The largest absolute Gasteiger partial charge is 0.496 e. The Morgan fingerprint density at radius 3 is 2.52 bits per heavy atom. The van der Waals surface area contributed by atoms with E-state index in [-0.39, 0.29) is 44.1 Å². The van der Waals surface area contributed by atoms with E-state index < -0.39 is 56.4 Å². The van der Waals surface area contributed by atoms with Gasteiger partial charge in [0.1, 0.15) is 45.9 Å².